The summed E-state index contributed by atoms with van der Waals surface area (Å²) in [5.41, 5.74) is 0. The molecule has 0 fully saturated rings. The summed E-state index contributed by atoms with van der Waals surface area (Å²) in [6, 6.07) is -1.66. The van der Waals surface area contributed by atoms with Crippen LogP contribution in [0.5, 0.6) is 5.75 Å². The fourth-order valence-corrected chi connectivity index (χ4v) is 0.749. The van der Waals surface area contributed by atoms with Crippen LogP contribution in [-0.2, 0) is 0 Å². The fourth-order valence-electron chi connectivity index (χ4n) is 0.469. The van der Waals surface area contributed by atoms with Crippen molar-refractivity contribution in [3.05, 3.63) is 28.6 Å². The van der Waals surface area contributed by atoms with Gasteiger partial charge in [0, 0.05) is 4.47 Å². The molecule has 0 amide bonds. The lowest BCUT2D eigenvalue weighted by molar-refractivity contribution is 0.288. The van der Waals surface area contributed by atoms with Gasteiger partial charge in [-0.25, -0.2) is 0 Å². The smallest absolute Gasteiger partial charge is 0.512 e. The van der Waals surface area contributed by atoms with Crippen molar-refractivity contribution >= 4 is 23.3 Å². The van der Waals surface area contributed by atoms with E-state index in [0.717, 1.165) is 0 Å². The predicted octanol–water partition coefficient (Wildman–Crippen LogP) is 0.797. The van der Waals surface area contributed by atoms with Gasteiger partial charge >= 0.3 is 7.32 Å². The Morgan fingerprint density at radius 2 is 2.27 bits per heavy atom. The van der Waals surface area contributed by atoms with Crippen molar-refractivity contribution in [1.29, 1.82) is 0 Å². The van der Waals surface area contributed by atoms with Gasteiger partial charge in [0.1, 0.15) is 5.75 Å². The molecule has 0 aliphatic carbocycles. The molecule has 0 saturated carbocycles. The van der Waals surface area contributed by atoms with Gasteiger partial charge in [-0.15, -0.1) is 0 Å². The van der Waals surface area contributed by atoms with Crippen LogP contribution in [0.1, 0.15) is 5.48 Å². The Morgan fingerprint density at radius 3 is 2.91 bits per heavy atom. The van der Waals surface area contributed by atoms with E-state index in [0.29, 0.717) is 0 Å². The van der Waals surface area contributed by atoms with E-state index in [1.165, 1.54) is 0 Å². The Balaban J connectivity index is 3.39. The van der Waals surface area contributed by atoms with Gasteiger partial charge in [0.05, 0.1) is 5.48 Å². The van der Waals surface area contributed by atoms with Crippen LogP contribution in [-0.4, -0.2) is 17.4 Å². The molecule has 0 radical (unpaired) electrons. The molecule has 0 atom stereocenters. The molecular formula is C6H6BBrO3. The third-order valence-corrected chi connectivity index (χ3v) is 1.19. The average Bonchev–Trinajstić information content (AvgIpc) is 2.18. The van der Waals surface area contributed by atoms with Crippen LogP contribution in [0.15, 0.2) is 28.6 Å². The van der Waals surface area contributed by atoms with E-state index in [2.05, 4.69) is 20.6 Å². The largest absolute Gasteiger partial charge is 0.707 e. The Hall–Kier alpha value is -0.515. The van der Waals surface area contributed by atoms with Gasteiger partial charge in [-0.1, -0.05) is 22.0 Å². The second-order valence-electron chi connectivity index (χ2n) is 1.59. The molecule has 58 valence electrons. The van der Waals surface area contributed by atoms with E-state index >= 15 is 0 Å². The minimum atomic E-state index is -2.17. The van der Waals surface area contributed by atoms with Gasteiger partial charge in [0.15, 0.2) is 0 Å². The van der Waals surface area contributed by atoms with Crippen LogP contribution in [0.4, 0.5) is 0 Å². The van der Waals surface area contributed by atoms with Crippen molar-refractivity contribution in [2.45, 2.75) is 0 Å². The van der Waals surface area contributed by atoms with Crippen molar-refractivity contribution in [2.75, 3.05) is 0 Å². The lowest BCUT2D eigenvalue weighted by Gasteiger charge is -2.03. The van der Waals surface area contributed by atoms with E-state index < -0.39 is 25.2 Å². The molecule has 0 saturated heterocycles. The Kier molecular flexibility index (Phi) is 1.53. The molecule has 1 aromatic carbocycles. The highest BCUT2D eigenvalue weighted by Gasteiger charge is 2.10. The Bertz CT molecular complexity index is 371. The molecule has 0 aromatic heterocycles. The van der Waals surface area contributed by atoms with Gasteiger partial charge in [-0.3, -0.25) is 0 Å². The third-order valence-electron chi connectivity index (χ3n) is 0.795. The SMILES string of the molecule is [2H]c1c([2H])c(Br)c([2H])c(OB(O)O)c1[2H]. The normalized spacial score (nSPS) is 14.5. The highest BCUT2D eigenvalue weighted by molar-refractivity contribution is 9.10. The summed E-state index contributed by atoms with van der Waals surface area (Å²) in [5, 5.41) is 17.1. The molecule has 0 spiro atoms. The molecule has 0 heterocycles. The van der Waals surface area contributed by atoms with E-state index in [4.69, 9.17) is 15.5 Å². The van der Waals surface area contributed by atoms with E-state index in [1.807, 2.05) is 0 Å². The summed E-state index contributed by atoms with van der Waals surface area (Å²) in [7, 11) is -2.17. The number of hydrogen-bond acceptors (Lipinski definition) is 3. The molecule has 0 bridgehead atoms. The van der Waals surface area contributed by atoms with E-state index in [9.17, 15) is 0 Å². The zero-order valence-electron chi connectivity index (χ0n) is 9.26. The molecule has 0 aliphatic heterocycles. The minimum Gasteiger partial charge on any atom is -0.512 e. The van der Waals surface area contributed by atoms with Crippen LogP contribution < -0.4 is 4.65 Å². The highest BCUT2D eigenvalue weighted by atomic mass is 79.9. The first-order chi connectivity index (χ1) is 6.86. The maximum absolute atomic E-state index is 8.55. The molecule has 1 aromatic rings. The fraction of sp³-hybridized carbons (Fsp3) is 0. The van der Waals surface area contributed by atoms with Crippen LogP contribution >= 0.6 is 15.9 Å². The Morgan fingerprint density at radius 1 is 1.55 bits per heavy atom. The van der Waals surface area contributed by atoms with Crippen molar-refractivity contribution < 1.29 is 20.2 Å². The molecular weight excluding hydrogens is 211 g/mol. The number of benzene rings is 1. The number of rotatable bonds is 2. The second kappa shape index (κ2) is 3.76. The summed E-state index contributed by atoms with van der Waals surface area (Å²) in [5.74, 6) is -0.446. The van der Waals surface area contributed by atoms with Gasteiger partial charge in [-0.05, 0) is 18.1 Å². The average molecular weight is 221 g/mol. The lowest BCUT2D eigenvalue weighted by atomic mass is 10.2. The van der Waals surface area contributed by atoms with E-state index in [-0.39, 0.29) is 16.6 Å². The van der Waals surface area contributed by atoms with Crippen molar-refractivity contribution in [3.63, 3.8) is 0 Å². The first kappa shape index (κ1) is 4.50. The summed E-state index contributed by atoms with van der Waals surface area (Å²) < 4.78 is 33.9. The van der Waals surface area contributed by atoms with Crippen molar-refractivity contribution in [2.24, 2.45) is 0 Å². The molecule has 0 aliphatic rings. The standard InChI is InChI=1S/C6H6BBrO3/c8-5-2-1-3-6(4-5)11-7(9)10/h1-4,9-10H/i1D,2D,3D,4D. The van der Waals surface area contributed by atoms with Crippen LogP contribution in [0.3, 0.4) is 0 Å². The summed E-state index contributed by atoms with van der Waals surface area (Å²) >= 11 is 2.88. The Labute approximate surface area is 78.5 Å². The van der Waals surface area contributed by atoms with E-state index in [1.54, 1.807) is 0 Å². The molecule has 0 unspecified atom stereocenters. The molecule has 3 nitrogen and oxygen atoms in total. The number of hydrogen-bond donors (Lipinski definition) is 2. The summed E-state index contributed by atoms with van der Waals surface area (Å²) in [6.45, 7) is 0. The maximum atomic E-state index is 8.55. The monoisotopic (exact) mass is 220 g/mol. The highest BCUT2D eigenvalue weighted by Crippen LogP contribution is 2.17. The topological polar surface area (TPSA) is 49.7 Å². The first-order valence-corrected chi connectivity index (χ1v) is 3.44. The van der Waals surface area contributed by atoms with Crippen LogP contribution in [0.25, 0.3) is 0 Å². The van der Waals surface area contributed by atoms with Crippen LogP contribution in [0.2, 0.25) is 0 Å². The van der Waals surface area contributed by atoms with Crippen molar-refractivity contribution in [3.8, 4) is 5.75 Å². The summed E-state index contributed by atoms with van der Waals surface area (Å²) in [6.07, 6.45) is 0. The lowest BCUT2D eigenvalue weighted by Crippen LogP contribution is -2.20. The quantitative estimate of drug-likeness (QED) is 0.726. The zero-order chi connectivity index (χ0) is 11.7. The third kappa shape index (κ3) is 2.92. The van der Waals surface area contributed by atoms with Gasteiger partial charge < -0.3 is 14.7 Å². The second-order valence-corrected chi connectivity index (χ2v) is 2.38. The summed E-state index contributed by atoms with van der Waals surface area (Å²) in [4.78, 5) is 0. The predicted molar refractivity (Wildman–Crippen MR) is 45.0 cm³/mol. The van der Waals surface area contributed by atoms with Gasteiger partial charge in [0.25, 0.3) is 0 Å². The maximum Gasteiger partial charge on any atom is 0.707 e. The van der Waals surface area contributed by atoms with Crippen LogP contribution in [0, 0.1) is 0 Å². The molecule has 11 heavy (non-hydrogen) atoms. The molecule has 1 rings (SSSR count). The zero-order valence-corrected chi connectivity index (χ0v) is 6.84. The molecule has 2 N–H and O–H groups in total. The van der Waals surface area contributed by atoms with Gasteiger partial charge in [0.2, 0.25) is 0 Å². The van der Waals surface area contributed by atoms with Gasteiger partial charge in [-0.2, -0.15) is 0 Å². The van der Waals surface area contributed by atoms with Crippen molar-refractivity contribution in [1.82, 2.24) is 0 Å². The number of halogens is 1. The minimum absolute atomic E-state index is 0.0286. The first-order valence-electron chi connectivity index (χ1n) is 4.65. The molecule has 5 heteroatoms.